The molecule has 2 aliphatic rings. The summed E-state index contributed by atoms with van der Waals surface area (Å²) in [6.07, 6.45) is 7.71. The molecule has 0 amide bonds. The summed E-state index contributed by atoms with van der Waals surface area (Å²) in [5, 5.41) is 0. The largest absolute Gasteiger partial charge is 0.359 e. The van der Waals surface area contributed by atoms with Crippen LogP contribution in [0.3, 0.4) is 0 Å². The van der Waals surface area contributed by atoms with E-state index in [1.165, 1.54) is 37.7 Å². The summed E-state index contributed by atoms with van der Waals surface area (Å²) in [6, 6.07) is 0. The summed E-state index contributed by atoms with van der Waals surface area (Å²) in [4.78, 5) is 0. The van der Waals surface area contributed by atoms with Gasteiger partial charge in [0.1, 0.15) is 6.79 Å². The predicted octanol–water partition coefficient (Wildman–Crippen LogP) is 4.80. The second-order valence-electron chi connectivity index (χ2n) is 7.48. The maximum atomic E-state index is 5.59. The first-order valence-corrected chi connectivity index (χ1v) is 8.20. The quantitative estimate of drug-likeness (QED) is 0.409. The standard InChI is InChI=1S/C18H32O2/c1-14-7-6-8-16-17(14,3)10-9-15(2)18(16,4)11-12-20-13-19-5/h15-16H,1,6-13H2,2-5H3/t15-,16+,17-,18+/m0/s1. The third-order valence-electron chi connectivity index (χ3n) is 6.55. The monoisotopic (exact) mass is 280 g/mol. The van der Waals surface area contributed by atoms with Crippen molar-refractivity contribution in [3.05, 3.63) is 12.2 Å². The Labute approximate surface area is 124 Å². The zero-order valence-corrected chi connectivity index (χ0v) is 13.8. The van der Waals surface area contributed by atoms with Crippen LogP contribution in [0.4, 0.5) is 0 Å². The summed E-state index contributed by atoms with van der Waals surface area (Å²) in [6.45, 7) is 13.1. The number of fused-ring (bicyclic) bond motifs is 1. The zero-order valence-electron chi connectivity index (χ0n) is 13.8. The van der Waals surface area contributed by atoms with Gasteiger partial charge in [0.25, 0.3) is 0 Å². The van der Waals surface area contributed by atoms with Crippen LogP contribution in [0.2, 0.25) is 0 Å². The predicted molar refractivity (Wildman–Crippen MR) is 83.5 cm³/mol. The Bertz CT molecular complexity index is 351. The molecule has 0 aromatic heterocycles. The van der Waals surface area contributed by atoms with Gasteiger partial charge in [-0.25, -0.2) is 0 Å². The first-order valence-electron chi connectivity index (χ1n) is 8.20. The Morgan fingerprint density at radius 1 is 1.30 bits per heavy atom. The van der Waals surface area contributed by atoms with Crippen LogP contribution in [0.15, 0.2) is 12.2 Å². The highest BCUT2D eigenvalue weighted by molar-refractivity contribution is 5.19. The van der Waals surface area contributed by atoms with E-state index in [1.54, 1.807) is 7.11 Å². The molecule has 2 fully saturated rings. The third-order valence-corrected chi connectivity index (χ3v) is 6.55. The van der Waals surface area contributed by atoms with Crippen molar-refractivity contribution in [2.75, 3.05) is 20.5 Å². The minimum atomic E-state index is 0.362. The summed E-state index contributed by atoms with van der Waals surface area (Å²) >= 11 is 0. The molecule has 0 aromatic rings. The second-order valence-corrected chi connectivity index (χ2v) is 7.48. The molecule has 116 valence electrons. The lowest BCUT2D eigenvalue weighted by Gasteiger charge is -2.58. The van der Waals surface area contributed by atoms with Gasteiger partial charge in [0, 0.05) is 13.7 Å². The van der Waals surface area contributed by atoms with Crippen LogP contribution in [0, 0.1) is 22.7 Å². The van der Waals surface area contributed by atoms with Crippen molar-refractivity contribution in [2.24, 2.45) is 22.7 Å². The molecule has 2 aliphatic carbocycles. The second kappa shape index (κ2) is 6.19. The van der Waals surface area contributed by atoms with E-state index >= 15 is 0 Å². The third kappa shape index (κ3) is 2.69. The van der Waals surface area contributed by atoms with E-state index in [1.807, 2.05) is 0 Å². The molecule has 0 bridgehead atoms. The number of hydrogen-bond donors (Lipinski definition) is 0. The Balaban J connectivity index is 2.13. The van der Waals surface area contributed by atoms with Gasteiger partial charge in [-0.05, 0) is 61.2 Å². The molecule has 0 radical (unpaired) electrons. The number of allylic oxidation sites excluding steroid dienone is 1. The molecule has 0 N–H and O–H groups in total. The summed E-state index contributed by atoms with van der Waals surface area (Å²) in [5.41, 5.74) is 2.25. The Hall–Kier alpha value is -0.340. The number of methoxy groups -OCH3 is 1. The SMILES string of the molecule is C=C1CCC[C@H]2[C@](C)(CCOCOC)[C@@H](C)CC[C@@]12C. The molecule has 0 saturated heterocycles. The number of hydrogen-bond acceptors (Lipinski definition) is 2. The zero-order chi connectivity index (χ0) is 14.8. The van der Waals surface area contributed by atoms with E-state index in [4.69, 9.17) is 9.47 Å². The molecule has 0 unspecified atom stereocenters. The van der Waals surface area contributed by atoms with Crippen molar-refractivity contribution in [2.45, 2.75) is 59.3 Å². The average Bonchev–Trinajstić information content (AvgIpc) is 2.42. The summed E-state index contributed by atoms with van der Waals surface area (Å²) in [7, 11) is 1.69. The van der Waals surface area contributed by atoms with Crippen molar-refractivity contribution in [3.63, 3.8) is 0 Å². The van der Waals surface area contributed by atoms with Crippen LogP contribution in [-0.2, 0) is 9.47 Å². The van der Waals surface area contributed by atoms with Gasteiger partial charge < -0.3 is 9.47 Å². The lowest BCUT2D eigenvalue weighted by atomic mass is 9.46. The van der Waals surface area contributed by atoms with Gasteiger partial charge in [0.05, 0.1) is 0 Å². The van der Waals surface area contributed by atoms with Gasteiger partial charge in [0.15, 0.2) is 0 Å². The highest BCUT2D eigenvalue weighted by Crippen LogP contribution is 2.62. The molecule has 2 heteroatoms. The maximum Gasteiger partial charge on any atom is 0.146 e. The van der Waals surface area contributed by atoms with Crippen molar-refractivity contribution in [1.82, 2.24) is 0 Å². The lowest BCUT2D eigenvalue weighted by Crippen LogP contribution is -2.50. The van der Waals surface area contributed by atoms with E-state index in [0.29, 0.717) is 17.6 Å². The average molecular weight is 280 g/mol. The van der Waals surface area contributed by atoms with Gasteiger partial charge in [-0.15, -0.1) is 0 Å². The normalized spacial score (nSPS) is 41.5. The van der Waals surface area contributed by atoms with Gasteiger partial charge in [0.2, 0.25) is 0 Å². The molecule has 20 heavy (non-hydrogen) atoms. The van der Waals surface area contributed by atoms with Crippen molar-refractivity contribution in [1.29, 1.82) is 0 Å². The van der Waals surface area contributed by atoms with Crippen molar-refractivity contribution >= 4 is 0 Å². The first-order chi connectivity index (χ1) is 9.45. The molecule has 4 atom stereocenters. The van der Waals surface area contributed by atoms with Crippen LogP contribution >= 0.6 is 0 Å². The smallest absolute Gasteiger partial charge is 0.146 e. The molecule has 0 heterocycles. The Morgan fingerprint density at radius 3 is 2.75 bits per heavy atom. The molecular weight excluding hydrogens is 248 g/mol. The van der Waals surface area contributed by atoms with Crippen LogP contribution in [-0.4, -0.2) is 20.5 Å². The fraction of sp³-hybridized carbons (Fsp3) is 0.889. The van der Waals surface area contributed by atoms with Crippen LogP contribution in [0.5, 0.6) is 0 Å². The minimum absolute atomic E-state index is 0.362. The Kier molecular flexibility index (Phi) is 4.96. The van der Waals surface area contributed by atoms with Crippen LogP contribution < -0.4 is 0 Å². The van der Waals surface area contributed by atoms with E-state index < -0.39 is 0 Å². The molecule has 2 saturated carbocycles. The number of ether oxygens (including phenoxy) is 2. The highest BCUT2D eigenvalue weighted by atomic mass is 16.7. The lowest BCUT2D eigenvalue weighted by molar-refractivity contribution is -0.0879. The van der Waals surface area contributed by atoms with Crippen LogP contribution in [0.1, 0.15) is 59.3 Å². The molecule has 2 rings (SSSR count). The fourth-order valence-corrected chi connectivity index (χ4v) is 4.82. The molecule has 0 spiro atoms. The van der Waals surface area contributed by atoms with Gasteiger partial charge >= 0.3 is 0 Å². The topological polar surface area (TPSA) is 18.5 Å². The van der Waals surface area contributed by atoms with E-state index in [9.17, 15) is 0 Å². The van der Waals surface area contributed by atoms with E-state index in [-0.39, 0.29) is 0 Å². The maximum absolute atomic E-state index is 5.59. The first kappa shape index (κ1) is 16.0. The molecule has 0 aliphatic heterocycles. The summed E-state index contributed by atoms with van der Waals surface area (Å²) in [5.74, 6) is 1.55. The minimum Gasteiger partial charge on any atom is -0.359 e. The number of rotatable bonds is 5. The van der Waals surface area contributed by atoms with E-state index in [0.717, 1.165) is 24.9 Å². The highest BCUT2D eigenvalue weighted by Gasteiger charge is 2.53. The van der Waals surface area contributed by atoms with Crippen molar-refractivity contribution in [3.8, 4) is 0 Å². The molecule has 2 nitrogen and oxygen atoms in total. The van der Waals surface area contributed by atoms with Gasteiger partial charge in [-0.1, -0.05) is 32.9 Å². The summed E-state index contributed by atoms with van der Waals surface area (Å²) < 4.78 is 10.6. The van der Waals surface area contributed by atoms with Gasteiger partial charge in [-0.2, -0.15) is 0 Å². The van der Waals surface area contributed by atoms with Gasteiger partial charge in [-0.3, -0.25) is 0 Å². The fourth-order valence-electron chi connectivity index (χ4n) is 4.82. The molecular formula is C18H32O2. The van der Waals surface area contributed by atoms with Crippen LogP contribution in [0.25, 0.3) is 0 Å². The Morgan fingerprint density at radius 2 is 2.05 bits per heavy atom. The van der Waals surface area contributed by atoms with E-state index in [2.05, 4.69) is 27.4 Å². The van der Waals surface area contributed by atoms with Crippen molar-refractivity contribution < 1.29 is 9.47 Å². The molecule has 0 aromatic carbocycles.